The zero-order chi connectivity index (χ0) is 26.6. The van der Waals surface area contributed by atoms with Crippen LogP contribution in [0.4, 0.5) is 17.6 Å². The van der Waals surface area contributed by atoms with Crippen molar-refractivity contribution in [2.75, 3.05) is 20.3 Å². The van der Waals surface area contributed by atoms with Crippen LogP contribution in [0.3, 0.4) is 0 Å². The summed E-state index contributed by atoms with van der Waals surface area (Å²) in [5.41, 5.74) is 1.77. The van der Waals surface area contributed by atoms with E-state index in [4.69, 9.17) is 16.3 Å². The van der Waals surface area contributed by atoms with Crippen molar-refractivity contribution in [1.82, 2.24) is 9.88 Å². The Morgan fingerprint density at radius 3 is 2.51 bits per heavy atom. The summed E-state index contributed by atoms with van der Waals surface area (Å²) in [6.07, 6.45) is -2.87. The summed E-state index contributed by atoms with van der Waals surface area (Å²) in [6, 6.07) is 17.4. The van der Waals surface area contributed by atoms with Gasteiger partial charge < -0.3 is 14.6 Å². The predicted octanol–water partition coefficient (Wildman–Crippen LogP) is 6.79. The summed E-state index contributed by atoms with van der Waals surface area (Å²) in [4.78, 5) is 12.8. The van der Waals surface area contributed by atoms with Gasteiger partial charge in [-0.2, -0.15) is 13.2 Å². The lowest BCUT2D eigenvalue weighted by molar-refractivity contribution is -0.137. The van der Waals surface area contributed by atoms with Gasteiger partial charge in [-0.15, -0.1) is 0 Å². The fraction of sp³-hybridized carbons (Fsp3) is 0.250. The fourth-order valence-electron chi connectivity index (χ4n) is 4.40. The number of alkyl halides is 3. The molecule has 9 heteroatoms. The molecule has 1 amide bonds. The Hall–Kier alpha value is -3.36. The van der Waals surface area contributed by atoms with Gasteiger partial charge in [-0.1, -0.05) is 48.0 Å². The summed E-state index contributed by atoms with van der Waals surface area (Å²) < 4.78 is 61.4. The van der Waals surface area contributed by atoms with E-state index in [9.17, 15) is 22.4 Å². The van der Waals surface area contributed by atoms with Gasteiger partial charge in [0.25, 0.3) is 0 Å². The van der Waals surface area contributed by atoms with E-state index in [-0.39, 0.29) is 24.7 Å². The highest BCUT2D eigenvalue weighted by Gasteiger charge is 2.34. The molecule has 0 aliphatic rings. The summed E-state index contributed by atoms with van der Waals surface area (Å²) >= 11 is 5.88. The van der Waals surface area contributed by atoms with Crippen molar-refractivity contribution in [3.05, 3.63) is 106 Å². The summed E-state index contributed by atoms with van der Waals surface area (Å²) in [5.74, 6) is -1.34. The van der Waals surface area contributed by atoms with Gasteiger partial charge >= 0.3 is 6.18 Å². The molecule has 4 rings (SSSR count). The molecule has 0 saturated heterocycles. The van der Waals surface area contributed by atoms with Crippen LogP contribution in [0.2, 0.25) is 5.02 Å². The summed E-state index contributed by atoms with van der Waals surface area (Å²) in [5, 5.41) is 3.16. The number of nitrogens with one attached hydrogen (secondary N) is 1. The Morgan fingerprint density at radius 2 is 1.81 bits per heavy atom. The number of rotatable bonds is 9. The number of benzene rings is 3. The smallest absolute Gasteiger partial charge is 0.383 e. The second-order valence-corrected chi connectivity index (χ2v) is 9.10. The molecule has 0 bridgehead atoms. The van der Waals surface area contributed by atoms with Crippen LogP contribution in [0, 0.1) is 5.82 Å². The first kappa shape index (κ1) is 26.7. The van der Waals surface area contributed by atoms with Gasteiger partial charge in [0.2, 0.25) is 5.91 Å². The molecule has 0 spiro atoms. The van der Waals surface area contributed by atoms with Crippen molar-refractivity contribution < 1.29 is 27.1 Å². The fourth-order valence-corrected chi connectivity index (χ4v) is 4.63. The summed E-state index contributed by atoms with van der Waals surface area (Å²) in [7, 11) is 1.51. The molecule has 0 unspecified atom stereocenters. The monoisotopic (exact) mass is 532 g/mol. The van der Waals surface area contributed by atoms with Crippen LogP contribution in [0.5, 0.6) is 0 Å². The largest absolute Gasteiger partial charge is 0.417 e. The predicted molar refractivity (Wildman–Crippen MR) is 135 cm³/mol. The zero-order valence-corrected chi connectivity index (χ0v) is 20.7. The van der Waals surface area contributed by atoms with E-state index in [0.717, 1.165) is 22.5 Å². The number of aromatic nitrogens is 1. The second-order valence-electron chi connectivity index (χ2n) is 8.69. The molecule has 194 valence electrons. The van der Waals surface area contributed by atoms with Crippen LogP contribution < -0.4 is 5.32 Å². The molecule has 1 heterocycles. The van der Waals surface area contributed by atoms with E-state index in [2.05, 4.69) is 5.32 Å². The van der Waals surface area contributed by atoms with Crippen LogP contribution in [0.15, 0.2) is 72.9 Å². The highest BCUT2D eigenvalue weighted by atomic mass is 35.5. The minimum atomic E-state index is -4.64. The lowest BCUT2D eigenvalue weighted by Gasteiger charge is -2.19. The third-order valence-corrected chi connectivity index (χ3v) is 6.51. The van der Waals surface area contributed by atoms with Crippen molar-refractivity contribution in [2.45, 2.75) is 25.1 Å². The van der Waals surface area contributed by atoms with Crippen molar-refractivity contribution >= 4 is 28.4 Å². The first-order valence-electron chi connectivity index (χ1n) is 11.6. The van der Waals surface area contributed by atoms with Crippen molar-refractivity contribution in [3.63, 3.8) is 0 Å². The standard InChI is InChI=1S/C28H25ClF4N2O2/c1-37-13-12-34-27(36)15-22(19-8-11-25(29)24(14-19)28(31,32)33)23-17-35(26-5-3-2-4-21(23)26)16-18-6-9-20(30)10-7-18/h2-11,14,17,22H,12-13,15-16H2,1H3,(H,34,36)/t22-/m0/s1. The molecule has 4 aromatic rings. The van der Waals surface area contributed by atoms with Crippen molar-refractivity contribution in [2.24, 2.45) is 0 Å². The van der Waals surface area contributed by atoms with E-state index in [0.29, 0.717) is 24.3 Å². The van der Waals surface area contributed by atoms with Gasteiger partial charge in [0.05, 0.1) is 17.2 Å². The van der Waals surface area contributed by atoms with Gasteiger partial charge in [0.15, 0.2) is 0 Å². The van der Waals surface area contributed by atoms with E-state index in [1.54, 1.807) is 12.1 Å². The van der Waals surface area contributed by atoms with Gasteiger partial charge in [0, 0.05) is 49.6 Å². The lowest BCUT2D eigenvalue weighted by Crippen LogP contribution is -2.28. The van der Waals surface area contributed by atoms with Crippen molar-refractivity contribution in [3.8, 4) is 0 Å². The molecule has 0 fully saturated rings. The van der Waals surface area contributed by atoms with Crippen LogP contribution in [0.1, 0.15) is 34.6 Å². The number of fused-ring (bicyclic) bond motifs is 1. The van der Waals surface area contributed by atoms with Gasteiger partial charge in [-0.05, 0) is 47.0 Å². The molecule has 3 aromatic carbocycles. The molecule has 1 N–H and O–H groups in total. The first-order valence-corrected chi connectivity index (χ1v) is 12.0. The van der Waals surface area contributed by atoms with Crippen LogP contribution in [0.25, 0.3) is 10.9 Å². The minimum absolute atomic E-state index is 0.0762. The Labute approximate surface area is 216 Å². The third-order valence-electron chi connectivity index (χ3n) is 6.18. The van der Waals surface area contributed by atoms with E-state index in [1.807, 2.05) is 35.0 Å². The molecular formula is C28H25ClF4N2O2. The van der Waals surface area contributed by atoms with Gasteiger partial charge in [0.1, 0.15) is 5.82 Å². The minimum Gasteiger partial charge on any atom is -0.383 e. The molecule has 1 atom stereocenters. The molecule has 0 aliphatic heterocycles. The van der Waals surface area contributed by atoms with E-state index < -0.39 is 22.7 Å². The van der Waals surface area contributed by atoms with E-state index >= 15 is 0 Å². The highest BCUT2D eigenvalue weighted by Crippen LogP contribution is 2.40. The number of methoxy groups -OCH3 is 1. The number of hydrogen-bond donors (Lipinski definition) is 1. The maximum Gasteiger partial charge on any atom is 0.417 e. The number of carbonyl (C=O) groups is 1. The Balaban J connectivity index is 1.80. The molecule has 0 radical (unpaired) electrons. The Bertz CT molecular complexity index is 1380. The number of amides is 1. The van der Waals surface area contributed by atoms with Crippen LogP contribution in [-0.4, -0.2) is 30.7 Å². The number of para-hydroxylation sites is 1. The molecule has 1 aromatic heterocycles. The number of ether oxygens (including phenoxy) is 1. The SMILES string of the molecule is COCCNC(=O)C[C@@H](c1ccc(Cl)c(C(F)(F)F)c1)c1cn(Cc2ccc(F)cc2)c2ccccc12. The van der Waals surface area contributed by atoms with E-state index in [1.165, 1.54) is 31.4 Å². The topological polar surface area (TPSA) is 43.3 Å². The quantitative estimate of drug-likeness (QED) is 0.191. The Kier molecular flexibility index (Phi) is 8.19. The number of nitrogens with zero attached hydrogens (tertiary/aromatic N) is 1. The number of halogens is 5. The van der Waals surface area contributed by atoms with Gasteiger partial charge in [-0.25, -0.2) is 4.39 Å². The Morgan fingerprint density at radius 1 is 1.08 bits per heavy atom. The van der Waals surface area contributed by atoms with Gasteiger partial charge in [-0.3, -0.25) is 4.79 Å². The average Bonchev–Trinajstić information content (AvgIpc) is 3.22. The zero-order valence-electron chi connectivity index (χ0n) is 20.0. The molecular weight excluding hydrogens is 508 g/mol. The molecule has 0 saturated carbocycles. The first-order chi connectivity index (χ1) is 17.7. The third kappa shape index (κ3) is 6.32. The normalized spacial score (nSPS) is 12.6. The average molecular weight is 533 g/mol. The number of hydrogen-bond acceptors (Lipinski definition) is 2. The lowest BCUT2D eigenvalue weighted by atomic mass is 9.87. The van der Waals surface area contributed by atoms with Crippen molar-refractivity contribution in [1.29, 1.82) is 0 Å². The number of carbonyl (C=O) groups excluding carboxylic acids is 1. The molecule has 4 nitrogen and oxygen atoms in total. The second kappa shape index (κ2) is 11.4. The maximum absolute atomic E-state index is 13.7. The maximum atomic E-state index is 13.7. The molecule has 37 heavy (non-hydrogen) atoms. The highest BCUT2D eigenvalue weighted by molar-refractivity contribution is 6.31. The summed E-state index contributed by atoms with van der Waals surface area (Å²) in [6.45, 7) is 1.01. The molecule has 0 aliphatic carbocycles. The van der Waals surface area contributed by atoms with Crippen LogP contribution in [-0.2, 0) is 22.3 Å². The van der Waals surface area contributed by atoms with Crippen LogP contribution >= 0.6 is 11.6 Å².